The van der Waals surface area contributed by atoms with Crippen molar-refractivity contribution in [3.63, 3.8) is 0 Å². The molecule has 5 heteroatoms. The first-order valence-electron chi connectivity index (χ1n) is 4.92. The topological polar surface area (TPSA) is 66.6 Å². The molecule has 0 heterocycles. The van der Waals surface area contributed by atoms with Gasteiger partial charge in [0.1, 0.15) is 0 Å². The number of aryl methyl sites for hydroxylation is 2. The molecule has 0 unspecified atom stereocenters. The van der Waals surface area contributed by atoms with Crippen LogP contribution in [0.5, 0.6) is 0 Å². The van der Waals surface area contributed by atoms with Crippen molar-refractivity contribution in [1.82, 2.24) is 0 Å². The second kappa shape index (κ2) is 5.32. The molecule has 0 saturated carbocycles. The molecular weight excluding hydrogens is 272 g/mol. The third kappa shape index (κ3) is 2.74. The SMILES string of the molecule is Cc1cc(N(CCO)C(N)=O)cc(C)c1Br. The van der Waals surface area contributed by atoms with E-state index in [-0.39, 0.29) is 13.2 Å². The lowest BCUT2D eigenvalue weighted by atomic mass is 10.1. The number of halogens is 1. The molecule has 0 aliphatic rings. The van der Waals surface area contributed by atoms with Crippen molar-refractivity contribution in [1.29, 1.82) is 0 Å². The molecule has 0 aromatic heterocycles. The minimum Gasteiger partial charge on any atom is -0.395 e. The van der Waals surface area contributed by atoms with Crippen LogP contribution in [0.25, 0.3) is 0 Å². The molecule has 2 amide bonds. The zero-order chi connectivity index (χ0) is 12.3. The molecular formula is C11H15BrN2O2. The van der Waals surface area contributed by atoms with Gasteiger partial charge in [-0.2, -0.15) is 0 Å². The van der Waals surface area contributed by atoms with Crippen LogP contribution < -0.4 is 10.6 Å². The van der Waals surface area contributed by atoms with Gasteiger partial charge in [0.15, 0.2) is 0 Å². The van der Waals surface area contributed by atoms with Crippen LogP contribution in [0.15, 0.2) is 16.6 Å². The number of aliphatic hydroxyl groups is 1. The van der Waals surface area contributed by atoms with Crippen molar-refractivity contribution >= 4 is 27.6 Å². The molecule has 0 aliphatic carbocycles. The average molecular weight is 287 g/mol. The number of aliphatic hydroxyl groups excluding tert-OH is 1. The molecule has 16 heavy (non-hydrogen) atoms. The summed E-state index contributed by atoms with van der Waals surface area (Å²) in [6, 6.07) is 3.16. The fourth-order valence-corrected chi connectivity index (χ4v) is 1.77. The Morgan fingerprint density at radius 2 is 1.94 bits per heavy atom. The summed E-state index contributed by atoms with van der Waals surface area (Å²) < 4.78 is 1.02. The van der Waals surface area contributed by atoms with Crippen LogP contribution in [0.1, 0.15) is 11.1 Å². The van der Waals surface area contributed by atoms with E-state index < -0.39 is 6.03 Å². The van der Waals surface area contributed by atoms with Crippen molar-refractivity contribution in [3.8, 4) is 0 Å². The summed E-state index contributed by atoms with van der Waals surface area (Å²) in [7, 11) is 0. The minimum atomic E-state index is -0.560. The van der Waals surface area contributed by atoms with Gasteiger partial charge in [0, 0.05) is 10.2 Å². The second-order valence-electron chi connectivity index (χ2n) is 3.61. The molecule has 1 aromatic carbocycles. The summed E-state index contributed by atoms with van der Waals surface area (Å²) in [6.07, 6.45) is 0. The standard InChI is InChI=1S/C11H15BrN2O2/c1-7-5-9(6-8(2)10(7)12)14(3-4-15)11(13)16/h5-6,15H,3-4H2,1-2H3,(H2,13,16). The molecule has 0 bridgehead atoms. The van der Waals surface area contributed by atoms with Crippen molar-refractivity contribution < 1.29 is 9.90 Å². The number of primary amides is 1. The van der Waals surface area contributed by atoms with Crippen molar-refractivity contribution in [3.05, 3.63) is 27.7 Å². The number of nitrogens with two attached hydrogens (primary N) is 1. The predicted octanol–water partition coefficient (Wildman–Crippen LogP) is 1.94. The van der Waals surface area contributed by atoms with E-state index in [2.05, 4.69) is 15.9 Å². The number of nitrogens with zero attached hydrogens (tertiary/aromatic N) is 1. The van der Waals surface area contributed by atoms with Crippen LogP contribution in [0.3, 0.4) is 0 Å². The van der Waals surface area contributed by atoms with Gasteiger partial charge >= 0.3 is 6.03 Å². The number of amides is 2. The number of carbonyl (C=O) groups excluding carboxylic acids is 1. The molecule has 0 atom stereocenters. The summed E-state index contributed by atoms with van der Waals surface area (Å²) in [4.78, 5) is 12.6. The zero-order valence-electron chi connectivity index (χ0n) is 9.33. The molecule has 0 fully saturated rings. The first-order valence-corrected chi connectivity index (χ1v) is 5.71. The molecule has 1 rings (SSSR count). The Labute approximate surface area is 103 Å². The fraction of sp³-hybridized carbons (Fsp3) is 0.364. The smallest absolute Gasteiger partial charge is 0.319 e. The van der Waals surface area contributed by atoms with E-state index in [4.69, 9.17) is 10.8 Å². The predicted molar refractivity (Wildman–Crippen MR) is 67.6 cm³/mol. The van der Waals surface area contributed by atoms with Crippen LogP contribution in [-0.4, -0.2) is 24.3 Å². The van der Waals surface area contributed by atoms with Gasteiger partial charge in [0.05, 0.1) is 13.2 Å². The van der Waals surface area contributed by atoms with Crippen LogP contribution in [-0.2, 0) is 0 Å². The highest BCUT2D eigenvalue weighted by molar-refractivity contribution is 9.10. The van der Waals surface area contributed by atoms with E-state index in [0.29, 0.717) is 5.69 Å². The first kappa shape index (κ1) is 13.0. The van der Waals surface area contributed by atoms with Gasteiger partial charge in [-0.15, -0.1) is 0 Å². The van der Waals surface area contributed by atoms with Gasteiger partial charge in [-0.3, -0.25) is 4.90 Å². The van der Waals surface area contributed by atoms with Gasteiger partial charge in [0.25, 0.3) is 0 Å². The summed E-state index contributed by atoms with van der Waals surface area (Å²) in [6.45, 7) is 3.98. The van der Waals surface area contributed by atoms with Crippen LogP contribution >= 0.6 is 15.9 Å². The van der Waals surface area contributed by atoms with Crippen molar-refractivity contribution in [2.75, 3.05) is 18.1 Å². The number of benzene rings is 1. The highest BCUT2D eigenvalue weighted by atomic mass is 79.9. The van der Waals surface area contributed by atoms with E-state index in [1.165, 1.54) is 4.90 Å². The average Bonchev–Trinajstić information content (AvgIpc) is 2.21. The lowest BCUT2D eigenvalue weighted by Gasteiger charge is -2.21. The zero-order valence-corrected chi connectivity index (χ0v) is 10.9. The summed E-state index contributed by atoms with van der Waals surface area (Å²) in [5, 5.41) is 8.88. The molecule has 4 nitrogen and oxygen atoms in total. The molecule has 0 radical (unpaired) electrons. The Hall–Kier alpha value is -1.07. The Morgan fingerprint density at radius 1 is 1.44 bits per heavy atom. The van der Waals surface area contributed by atoms with Crippen LogP contribution in [0.2, 0.25) is 0 Å². The largest absolute Gasteiger partial charge is 0.395 e. The van der Waals surface area contributed by atoms with Gasteiger partial charge in [-0.1, -0.05) is 15.9 Å². The molecule has 0 aliphatic heterocycles. The van der Waals surface area contributed by atoms with E-state index >= 15 is 0 Å². The quantitative estimate of drug-likeness (QED) is 0.892. The summed E-state index contributed by atoms with van der Waals surface area (Å²) >= 11 is 3.45. The maximum absolute atomic E-state index is 11.2. The van der Waals surface area contributed by atoms with Crippen molar-refractivity contribution in [2.24, 2.45) is 5.73 Å². The van der Waals surface area contributed by atoms with Gasteiger partial charge in [-0.25, -0.2) is 4.79 Å². The molecule has 88 valence electrons. The lowest BCUT2D eigenvalue weighted by Crippen LogP contribution is -2.37. The number of carbonyl (C=O) groups is 1. The number of urea groups is 1. The van der Waals surface area contributed by atoms with Gasteiger partial charge < -0.3 is 10.8 Å². The maximum Gasteiger partial charge on any atom is 0.319 e. The van der Waals surface area contributed by atoms with E-state index in [1.807, 2.05) is 26.0 Å². The Kier molecular flexibility index (Phi) is 4.32. The van der Waals surface area contributed by atoms with Crippen LogP contribution in [0.4, 0.5) is 10.5 Å². The number of hydrogen-bond donors (Lipinski definition) is 2. The van der Waals surface area contributed by atoms with E-state index in [9.17, 15) is 4.79 Å². The fourth-order valence-electron chi connectivity index (χ4n) is 1.55. The summed E-state index contributed by atoms with van der Waals surface area (Å²) in [5.41, 5.74) is 8.02. The number of anilines is 1. The molecule has 3 N–H and O–H groups in total. The third-order valence-electron chi connectivity index (χ3n) is 2.32. The van der Waals surface area contributed by atoms with Gasteiger partial charge in [-0.05, 0) is 37.1 Å². The second-order valence-corrected chi connectivity index (χ2v) is 4.40. The maximum atomic E-state index is 11.2. The summed E-state index contributed by atoms with van der Waals surface area (Å²) in [5.74, 6) is 0. The van der Waals surface area contributed by atoms with Gasteiger partial charge in [0.2, 0.25) is 0 Å². The Bertz CT molecular complexity index is 384. The normalized spacial score (nSPS) is 10.2. The van der Waals surface area contributed by atoms with E-state index in [1.54, 1.807) is 0 Å². The Balaban J connectivity index is 3.15. The lowest BCUT2D eigenvalue weighted by molar-refractivity contribution is 0.249. The Morgan fingerprint density at radius 3 is 2.31 bits per heavy atom. The number of rotatable bonds is 3. The molecule has 0 spiro atoms. The highest BCUT2D eigenvalue weighted by Gasteiger charge is 2.13. The van der Waals surface area contributed by atoms with Crippen LogP contribution in [0, 0.1) is 13.8 Å². The third-order valence-corrected chi connectivity index (χ3v) is 3.57. The monoisotopic (exact) mass is 286 g/mol. The van der Waals surface area contributed by atoms with Crippen molar-refractivity contribution in [2.45, 2.75) is 13.8 Å². The first-order chi connectivity index (χ1) is 7.47. The highest BCUT2D eigenvalue weighted by Crippen LogP contribution is 2.27. The van der Waals surface area contributed by atoms with E-state index in [0.717, 1.165) is 15.6 Å². The minimum absolute atomic E-state index is 0.114. The molecule has 0 saturated heterocycles. The molecule has 1 aromatic rings. The number of hydrogen-bond acceptors (Lipinski definition) is 2.